The number of aromatic nitrogens is 2. The van der Waals surface area contributed by atoms with Gasteiger partial charge in [0.2, 0.25) is 5.95 Å². The summed E-state index contributed by atoms with van der Waals surface area (Å²) in [5.74, 6) is -0.451. The van der Waals surface area contributed by atoms with Crippen LogP contribution in [0.25, 0.3) is 0 Å². The topological polar surface area (TPSA) is 63.8 Å². The summed E-state index contributed by atoms with van der Waals surface area (Å²) in [5.41, 5.74) is 6.09. The Morgan fingerprint density at radius 1 is 1.25 bits per heavy atom. The van der Waals surface area contributed by atoms with Crippen molar-refractivity contribution in [3.05, 3.63) is 40.8 Å². The summed E-state index contributed by atoms with van der Waals surface area (Å²) in [7, 11) is 0. The molecule has 0 aliphatic rings. The summed E-state index contributed by atoms with van der Waals surface area (Å²) < 4.78 is 14.2. The van der Waals surface area contributed by atoms with Crippen LogP contribution in [0, 0.1) is 5.82 Å². The zero-order valence-corrected chi connectivity index (χ0v) is 9.70. The summed E-state index contributed by atoms with van der Waals surface area (Å²) in [6.07, 6.45) is 1.03. The van der Waals surface area contributed by atoms with Crippen molar-refractivity contribution in [1.29, 1.82) is 0 Å². The Hall–Kier alpha value is -1.69. The third-order valence-corrected chi connectivity index (χ3v) is 2.40. The average Bonchev–Trinajstić information content (AvgIpc) is 2.27. The van der Waals surface area contributed by atoms with E-state index in [9.17, 15) is 4.39 Å². The first-order valence-electron chi connectivity index (χ1n) is 4.46. The van der Waals surface area contributed by atoms with Crippen LogP contribution in [0.3, 0.4) is 0 Å². The molecule has 0 amide bonds. The summed E-state index contributed by atoms with van der Waals surface area (Å²) in [4.78, 5) is 7.30. The van der Waals surface area contributed by atoms with E-state index in [0.717, 1.165) is 16.4 Å². The van der Waals surface area contributed by atoms with E-state index in [-0.39, 0.29) is 11.8 Å². The van der Waals surface area contributed by atoms with Crippen LogP contribution < -0.4 is 11.1 Å². The molecule has 0 saturated heterocycles. The fourth-order valence-corrected chi connectivity index (χ4v) is 1.40. The number of halogens is 2. The number of nitrogens with zero attached hydrogens (tertiary/aromatic N) is 2. The third-order valence-electron chi connectivity index (χ3n) is 1.87. The van der Waals surface area contributed by atoms with Gasteiger partial charge in [-0.1, -0.05) is 15.9 Å². The maximum absolute atomic E-state index is 13.3. The van der Waals surface area contributed by atoms with Crippen LogP contribution in [-0.2, 0) is 0 Å². The van der Waals surface area contributed by atoms with E-state index in [1.807, 2.05) is 12.1 Å². The van der Waals surface area contributed by atoms with E-state index in [4.69, 9.17) is 5.73 Å². The second-order valence-corrected chi connectivity index (χ2v) is 3.97. The highest BCUT2D eigenvalue weighted by atomic mass is 79.9. The van der Waals surface area contributed by atoms with Gasteiger partial charge in [-0.15, -0.1) is 0 Å². The third kappa shape index (κ3) is 2.46. The second-order valence-electron chi connectivity index (χ2n) is 3.06. The van der Waals surface area contributed by atoms with Crippen molar-refractivity contribution >= 4 is 33.4 Å². The molecule has 0 radical (unpaired) electrons. The highest BCUT2D eigenvalue weighted by Crippen LogP contribution is 2.19. The number of hydrogen-bond acceptors (Lipinski definition) is 4. The maximum atomic E-state index is 13.3. The Morgan fingerprint density at radius 2 is 1.94 bits per heavy atom. The second kappa shape index (κ2) is 4.44. The van der Waals surface area contributed by atoms with Crippen molar-refractivity contribution in [2.45, 2.75) is 0 Å². The number of nitrogens with one attached hydrogen (secondary N) is 1. The lowest BCUT2D eigenvalue weighted by Gasteiger charge is -2.06. The largest absolute Gasteiger partial charge is 0.368 e. The predicted molar refractivity (Wildman–Crippen MR) is 63.8 cm³/mol. The molecule has 2 rings (SSSR count). The Bertz CT molecular complexity index is 501. The fourth-order valence-electron chi connectivity index (χ4n) is 1.14. The lowest BCUT2D eigenvalue weighted by Crippen LogP contribution is -2.02. The van der Waals surface area contributed by atoms with Crippen LogP contribution >= 0.6 is 15.9 Å². The summed E-state index contributed by atoms with van der Waals surface area (Å²) in [5, 5.41) is 2.81. The van der Waals surface area contributed by atoms with Gasteiger partial charge in [-0.3, -0.25) is 0 Å². The molecule has 6 heteroatoms. The molecular weight excluding hydrogens is 275 g/mol. The van der Waals surface area contributed by atoms with Gasteiger partial charge < -0.3 is 11.1 Å². The average molecular weight is 283 g/mol. The molecule has 0 atom stereocenters. The fraction of sp³-hybridized carbons (Fsp3) is 0. The number of hydrogen-bond donors (Lipinski definition) is 2. The van der Waals surface area contributed by atoms with Crippen molar-refractivity contribution in [2.24, 2.45) is 0 Å². The molecule has 82 valence electrons. The van der Waals surface area contributed by atoms with Crippen molar-refractivity contribution in [3.8, 4) is 0 Å². The first-order valence-corrected chi connectivity index (χ1v) is 5.25. The van der Waals surface area contributed by atoms with E-state index in [1.54, 1.807) is 12.1 Å². The van der Waals surface area contributed by atoms with Crippen LogP contribution in [0.4, 0.5) is 21.8 Å². The van der Waals surface area contributed by atoms with E-state index < -0.39 is 5.82 Å². The van der Waals surface area contributed by atoms with Crippen LogP contribution in [-0.4, -0.2) is 9.97 Å². The van der Waals surface area contributed by atoms with Crippen molar-refractivity contribution < 1.29 is 4.39 Å². The van der Waals surface area contributed by atoms with E-state index in [0.29, 0.717) is 0 Å². The molecule has 0 saturated carbocycles. The Kier molecular flexibility index (Phi) is 3.00. The van der Waals surface area contributed by atoms with Gasteiger partial charge in [-0.25, -0.2) is 9.37 Å². The molecule has 1 aromatic carbocycles. The van der Waals surface area contributed by atoms with Gasteiger partial charge in [0.15, 0.2) is 11.6 Å². The van der Waals surface area contributed by atoms with E-state index in [2.05, 4.69) is 31.2 Å². The van der Waals surface area contributed by atoms with Gasteiger partial charge in [-0.2, -0.15) is 4.98 Å². The lowest BCUT2D eigenvalue weighted by molar-refractivity contribution is 0.620. The zero-order chi connectivity index (χ0) is 11.5. The SMILES string of the molecule is Nc1ncc(F)c(Nc2ccc(Br)cc2)n1. The molecule has 1 heterocycles. The van der Waals surface area contributed by atoms with Crippen LogP contribution in [0.5, 0.6) is 0 Å². The smallest absolute Gasteiger partial charge is 0.222 e. The molecule has 0 fully saturated rings. The number of nitrogen functional groups attached to an aromatic ring is 1. The Labute approximate surface area is 99.9 Å². The Morgan fingerprint density at radius 3 is 2.62 bits per heavy atom. The number of anilines is 3. The maximum Gasteiger partial charge on any atom is 0.222 e. The lowest BCUT2D eigenvalue weighted by atomic mass is 10.3. The van der Waals surface area contributed by atoms with Crippen molar-refractivity contribution in [3.63, 3.8) is 0 Å². The van der Waals surface area contributed by atoms with Crippen LogP contribution in [0.2, 0.25) is 0 Å². The van der Waals surface area contributed by atoms with Crippen molar-refractivity contribution in [1.82, 2.24) is 9.97 Å². The summed E-state index contributed by atoms with van der Waals surface area (Å²) >= 11 is 3.31. The molecule has 1 aromatic heterocycles. The van der Waals surface area contributed by atoms with Crippen LogP contribution in [0.1, 0.15) is 0 Å². The highest BCUT2D eigenvalue weighted by molar-refractivity contribution is 9.10. The van der Waals surface area contributed by atoms with E-state index >= 15 is 0 Å². The first-order chi connectivity index (χ1) is 7.65. The summed E-state index contributed by atoms with van der Waals surface area (Å²) in [6, 6.07) is 7.26. The minimum atomic E-state index is -0.544. The van der Waals surface area contributed by atoms with Gasteiger partial charge in [0, 0.05) is 10.2 Å². The minimum absolute atomic E-state index is 0.0287. The molecule has 16 heavy (non-hydrogen) atoms. The molecule has 3 N–H and O–H groups in total. The molecule has 2 aromatic rings. The van der Waals surface area contributed by atoms with Crippen molar-refractivity contribution in [2.75, 3.05) is 11.1 Å². The van der Waals surface area contributed by atoms with Gasteiger partial charge in [0.1, 0.15) is 0 Å². The quantitative estimate of drug-likeness (QED) is 0.889. The number of rotatable bonds is 2. The molecule has 0 spiro atoms. The molecule has 0 aliphatic carbocycles. The minimum Gasteiger partial charge on any atom is -0.368 e. The van der Waals surface area contributed by atoms with Gasteiger partial charge in [0.25, 0.3) is 0 Å². The predicted octanol–water partition coefficient (Wildman–Crippen LogP) is 2.70. The van der Waals surface area contributed by atoms with E-state index in [1.165, 1.54) is 0 Å². The number of benzene rings is 1. The van der Waals surface area contributed by atoms with Gasteiger partial charge in [0.05, 0.1) is 6.20 Å². The first kappa shape index (κ1) is 10.8. The van der Waals surface area contributed by atoms with Crippen LogP contribution in [0.15, 0.2) is 34.9 Å². The molecule has 4 nitrogen and oxygen atoms in total. The zero-order valence-electron chi connectivity index (χ0n) is 8.11. The number of nitrogens with two attached hydrogens (primary N) is 1. The standard InChI is InChI=1S/C10H8BrFN4/c11-6-1-3-7(4-2-6)15-9-8(12)5-14-10(13)16-9/h1-5H,(H3,13,14,15,16). The molecule has 0 aliphatic heterocycles. The monoisotopic (exact) mass is 282 g/mol. The molecular formula is C10H8BrFN4. The Balaban J connectivity index is 2.26. The molecule has 0 unspecified atom stereocenters. The summed E-state index contributed by atoms with van der Waals surface area (Å²) in [6.45, 7) is 0. The highest BCUT2D eigenvalue weighted by Gasteiger charge is 2.05. The van der Waals surface area contributed by atoms with Gasteiger partial charge in [-0.05, 0) is 24.3 Å². The normalized spacial score (nSPS) is 10.1. The van der Waals surface area contributed by atoms with Gasteiger partial charge >= 0.3 is 0 Å². The molecule has 0 bridgehead atoms.